The molecule has 2 aliphatic heterocycles. The van der Waals surface area contributed by atoms with E-state index in [-0.39, 0.29) is 200 Å². The Morgan fingerprint density at radius 3 is 1.23 bits per heavy atom. The average Bonchev–Trinajstić information content (AvgIpc) is 3.30. The van der Waals surface area contributed by atoms with Crippen LogP contribution in [0.1, 0.15) is 122 Å². The number of hydrogen-bond acceptors (Lipinski definition) is 24. The van der Waals surface area contributed by atoms with E-state index >= 15 is 0 Å². The standard InChI is InChI=1S/C42H77N11O13S4.4Na/c54-67(55,56)36-6-1-4-32-34(36)22-30(24-38(32)69(60,61)62)51-49-28-12-8-26(9-13-28)44-41-46-40(43-16-3-17-53-18-20-66-21-19-53)47-42(48-41)45-27-10-14-29(15-11-27)50-52-31-23-35-33(39(25-31)70(63,64)65)5-2-7-37(35)68(57,58)59;;;;/h26-48H,1-25H2,(H,54,55,56)(H,57,58,59)(H,60,61,62)(H,63,64,65);;;;/q;4*+1/p-4. The molecule has 0 spiro atoms. The molecule has 6 aliphatic carbocycles. The van der Waals surface area contributed by atoms with Crippen molar-refractivity contribution in [2.75, 3.05) is 39.4 Å². The molecule has 0 aromatic carbocycles. The molecule has 0 aromatic heterocycles. The van der Waals surface area contributed by atoms with Crippen molar-refractivity contribution in [1.82, 2.24) is 36.8 Å². The van der Waals surface area contributed by atoms with Gasteiger partial charge in [-0.15, -0.1) is 0 Å². The summed E-state index contributed by atoms with van der Waals surface area (Å²) in [5.74, 6) is -2.83. The molecule has 8 fully saturated rings. The SMILES string of the molecule is O=S(=O)([O-])C1CCCC2C1CC(N=NC1CCC(NC3NC(NCCCN4CCOCC4)NC(NC4CCC(N=NC5CC6C(CCCC6S(=O)(=O)[O-])C(S(=O)(=O)[O-])C5)CC4)N3)CC1)CC2S(=O)(=O)[O-].[Na+].[Na+].[Na+].[Na+]. The molecule has 0 bridgehead atoms. The summed E-state index contributed by atoms with van der Waals surface area (Å²) in [4.78, 5) is 2.40. The minimum absolute atomic E-state index is 0. The first kappa shape index (κ1) is 69.0. The molecule has 32 heteroatoms. The summed E-state index contributed by atoms with van der Waals surface area (Å²) in [7, 11) is -18.9. The number of morpholine rings is 1. The monoisotopic (exact) mass is 1160 g/mol. The summed E-state index contributed by atoms with van der Waals surface area (Å²) in [5, 5.41) is 35.0. The van der Waals surface area contributed by atoms with Gasteiger partial charge in [0.25, 0.3) is 0 Å². The number of ether oxygens (including phenoxy) is 1. The first-order valence-electron chi connectivity index (χ1n) is 25.6. The summed E-state index contributed by atoms with van der Waals surface area (Å²) in [6.45, 7) is 5.04. The van der Waals surface area contributed by atoms with Gasteiger partial charge < -0.3 is 22.9 Å². The Bertz CT molecular complexity index is 2130. The van der Waals surface area contributed by atoms with Crippen LogP contribution < -0.4 is 150 Å². The molecule has 24 nitrogen and oxygen atoms in total. The fourth-order valence-electron chi connectivity index (χ4n) is 13.3. The van der Waals surface area contributed by atoms with Crippen molar-refractivity contribution in [3.8, 4) is 0 Å². The summed E-state index contributed by atoms with van der Waals surface area (Å²) >= 11 is 0. The van der Waals surface area contributed by atoms with E-state index in [0.29, 0.717) is 51.4 Å². The van der Waals surface area contributed by atoms with E-state index in [1.54, 1.807) is 0 Å². The van der Waals surface area contributed by atoms with E-state index in [9.17, 15) is 51.9 Å². The van der Waals surface area contributed by atoms with Crippen LogP contribution in [0.2, 0.25) is 0 Å². The van der Waals surface area contributed by atoms with Crippen LogP contribution in [-0.2, 0) is 45.2 Å². The van der Waals surface area contributed by atoms with Crippen molar-refractivity contribution in [3.63, 3.8) is 0 Å². The van der Waals surface area contributed by atoms with Crippen molar-refractivity contribution in [3.05, 3.63) is 0 Å². The van der Waals surface area contributed by atoms with Gasteiger partial charge in [0.1, 0.15) is 18.9 Å². The number of rotatable bonds is 17. The topological polar surface area (TPSA) is 363 Å². The Morgan fingerprint density at radius 2 is 0.838 bits per heavy atom. The predicted octanol–water partition coefficient (Wildman–Crippen LogP) is -11.5. The predicted molar refractivity (Wildman–Crippen MR) is 250 cm³/mol. The molecule has 74 heavy (non-hydrogen) atoms. The maximum absolute atomic E-state index is 12.3. The van der Waals surface area contributed by atoms with Crippen LogP contribution >= 0.6 is 0 Å². The second-order valence-electron chi connectivity index (χ2n) is 21.3. The van der Waals surface area contributed by atoms with Gasteiger partial charge in [-0.05, 0) is 146 Å². The average molecular weight is 1160 g/mol. The molecule has 0 aromatic rings. The molecule has 8 aliphatic rings. The van der Waals surface area contributed by atoms with Crippen LogP contribution in [0.5, 0.6) is 0 Å². The summed E-state index contributed by atoms with van der Waals surface area (Å²) < 4.78 is 153. The molecule has 402 valence electrons. The molecule has 12 unspecified atom stereocenters. The molecule has 6 saturated carbocycles. The maximum atomic E-state index is 12.3. The second kappa shape index (κ2) is 30.9. The fraction of sp³-hybridized carbons (Fsp3) is 1.00. The van der Waals surface area contributed by atoms with Crippen molar-refractivity contribution in [2.24, 2.45) is 44.1 Å². The summed E-state index contributed by atoms with van der Waals surface area (Å²) in [5.41, 5.74) is 0. The van der Waals surface area contributed by atoms with Crippen molar-refractivity contribution < 1.29 is 175 Å². The number of azo groups is 2. The Morgan fingerprint density at radius 1 is 0.459 bits per heavy atom. The Hall–Kier alpha value is 2.52. The minimum atomic E-state index is -4.75. The third-order valence-electron chi connectivity index (χ3n) is 16.7. The van der Waals surface area contributed by atoms with E-state index in [0.717, 1.165) is 71.5 Å². The van der Waals surface area contributed by atoms with Crippen LogP contribution in [0.4, 0.5) is 0 Å². The zero-order valence-electron chi connectivity index (χ0n) is 43.7. The molecule has 0 amide bonds. The normalized spacial score (nSPS) is 38.8. The van der Waals surface area contributed by atoms with Crippen LogP contribution in [0.15, 0.2) is 20.5 Å². The molecule has 6 N–H and O–H groups in total. The van der Waals surface area contributed by atoms with Gasteiger partial charge in [-0.3, -0.25) is 36.8 Å². The minimum Gasteiger partial charge on any atom is -0.748 e. The summed E-state index contributed by atoms with van der Waals surface area (Å²) in [6.07, 6.45) is 8.30. The van der Waals surface area contributed by atoms with Crippen LogP contribution in [0.25, 0.3) is 0 Å². The first-order valence-corrected chi connectivity index (χ1v) is 31.5. The fourth-order valence-corrected chi connectivity index (χ4v) is 18.1. The van der Waals surface area contributed by atoms with Crippen LogP contribution in [0, 0.1) is 23.7 Å². The third-order valence-corrected chi connectivity index (χ3v) is 22.0. The largest absolute Gasteiger partial charge is 1.00 e. The number of fused-ring (bicyclic) bond motifs is 2. The van der Waals surface area contributed by atoms with Gasteiger partial charge in [0, 0.05) is 25.2 Å². The maximum Gasteiger partial charge on any atom is 1.00 e. The van der Waals surface area contributed by atoms with E-state index in [1.807, 2.05) is 0 Å². The van der Waals surface area contributed by atoms with Gasteiger partial charge in [0.05, 0.1) is 98.9 Å². The van der Waals surface area contributed by atoms with Crippen LogP contribution in [0.3, 0.4) is 0 Å². The molecule has 12 atom stereocenters. The molecule has 2 saturated heterocycles. The molecule has 2 heterocycles. The Kier molecular flexibility index (Phi) is 28.8. The van der Waals surface area contributed by atoms with E-state index in [1.165, 1.54) is 0 Å². The molecule has 0 radical (unpaired) electrons. The Labute approximate surface area is 527 Å². The van der Waals surface area contributed by atoms with Gasteiger partial charge in [0.15, 0.2) is 0 Å². The van der Waals surface area contributed by atoms with E-state index in [2.05, 4.69) is 57.3 Å². The number of hydrogen-bond donors (Lipinski definition) is 6. The zero-order valence-corrected chi connectivity index (χ0v) is 54.9. The number of nitrogens with one attached hydrogen (secondary N) is 6. The first-order chi connectivity index (χ1) is 33.2. The summed E-state index contributed by atoms with van der Waals surface area (Å²) in [6, 6.07) is -1.32. The number of nitrogens with zero attached hydrogens (tertiary/aromatic N) is 5. The molecule has 8 rings (SSSR count). The van der Waals surface area contributed by atoms with Gasteiger partial charge in [-0.1, -0.05) is 12.8 Å². The zero-order chi connectivity index (χ0) is 49.8. The molecular weight excluding hydrogens is 1090 g/mol. The second-order valence-corrected chi connectivity index (χ2v) is 27.6. The quantitative estimate of drug-likeness (QED) is 0.0341. The smallest absolute Gasteiger partial charge is 0.748 e. The van der Waals surface area contributed by atoms with Crippen molar-refractivity contribution in [2.45, 2.75) is 198 Å². The van der Waals surface area contributed by atoms with E-state index in [4.69, 9.17) is 4.74 Å². The third kappa shape index (κ3) is 19.6. The van der Waals surface area contributed by atoms with Gasteiger partial charge >= 0.3 is 118 Å². The van der Waals surface area contributed by atoms with Gasteiger partial charge in [-0.25, -0.2) is 33.7 Å². The van der Waals surface area contributed by atoms with Crippen molar-refractivity contribution >= 4 is 40.5 Å². The molecular formula is C42H73N11Na4O13S4. The van der Waals surface area contributed by atoms with E-state index < -0.39 is 97.2 Å². The van der Waals surface area contributed by atoms with Crippen molar-refractivity contribution in [1.29, 1.82) is 0 Å². The van der Waals surface area contributed by atoms with Gasteiger partial charge in [0.2, 0.25) is 0 Å². The van der Waals surface area contributed by atoms with Crippen LogP contribution in [-0.4, -0.2) is 172 Å². The Balaban J connectivity index is 0.00000296. The van der Waals surface area contributed by atoms with Gasteiger partial charge in [-0.2, -0.15) is 20.5 Å².